The Bertz CT molecular complexity index is 1240. The maximum atomic E-state index is 13.0. The molecule has 0 radical (unpaired) electrons. The van der Waals surface area contributed by atoms with E-state index in [-0.39, 0.29) is 5.56 Å². The Morgan fingerprint density at radius 3 is 2.63 bits per heavy atom. The first kappa shape index (κ1) is 19.6. The molecule has 0 saturated carbocycles. The maximum absolute atomic E-state index is 13.0. The molecule has 7 nitrogen and oxygen atoms in total. The minimum Gasteiger partial charge on any atom is -0.481 e. The molecule has 1 N–H and O–H groups in total. The second kappa shape index (κ2) is 7.59. The van der Waals surface area contributed by atoms with Gasteiger partial charge in [-0.3, -0.25) is 19.0 Å². The fraction of sp³-hybridized carbons (Fsp3) is 0.217. The first-order chi connectivity index (χ1) is 14.4. The van der Waals surface area contributed by atoms with Crippen LogP contribution in [-0.2, 0) is 16.1 Å². The predicted octanol–water partition coefficient (Wildman–Crippen LogP) is 3.02. The van der Waals surface area contributed by atoms with Crippen LogP contribution >= 0.6 is 0 Å². The topological polar surface area (TPSA) is 92.5 Å². The van der Waals surface area contributed by atoms with E-state index in [1.165, 1.54) is 18.9 Å². The van der Waals surface area contributed by atoms with E-state index in [0.29, 0.717) is 29.0 Å². The van der Waals surface area contributed by atoms with Gasteiger partial charge >= 0.3 is 5.97 Å². The van der Waals surface area contributed by atoms with Gasteiger partial charge in [-0.2, -0.15) is 0 Å². The average molecular weight is 403 g/mol. The molecule has 1 aliphatic rings. The number of amides is 1. The van der Waals surface area contributed by atoms with E-state index in [1.54, 1.807) is 22.8 Å². The lowest BCUT2D eigenvalue weighted by atomic mass is 10.1. The van der Waals surface area contributed by atoms with Crippen molar-refractivity contribution in [2.45, 2.75) is 19.9 Å². The van der Waals surface area contributed by atoms with Gasteiger partial charge in [0.15, 0.2) is 0 Å². The highest BCUT2D eigenvalue weighted by Crippen LogP contribution is 2.28. The first-order valence-electron chi connectivity index (χ1n) is 9.68. The molecule has 0 bridgehead atoms. The predicted molar refractivity (Wildman–Crippen MR) is 115 cm³/mol. The summed E-state index contributed by atoms with van der Waals surface area (Å²) in [5, 5.41) is 9.57. The highest BCUT2D eigenvalue weighted by atomic mass is 16.4. The van der Waals surface area contributed by atoms with Crippen molar-refractivity contribution in [2.24, 2.45) is 5.92 Å². The van der Waals surface area contributed by atoms with Crippen molar-refractivity contribution in [3.05, 3.63) is 70.3 Å². The molecule has 152 valence electrons. The van der Waals surface area contributed by atoms with Gasteiger partial charge in [0.1, 0.15) is 11.7 Å². The molecule has 0 saturated heterocycles. The number of aliphatic carboxylic acids is 1. The van der Waals surface area contributed by atoms with Crippen molar-refractivity contribution < 1.29 is 14.7 Å². The number of carbonyl (C=O) groups excluding carboxylic acids is 1. The van der Waals surface area contributed by atoms with Crippen LogP contribution in [0.1, 0.15) is 24.7 Å². The zero-order valence-electron chi connectivity index (χ0n) is 16.7. The lowest BCUT2D eigenvalue weighted by Crippen LogP contribution is -2.35. The molecular weight excluding hydrogens is 382 g/mol. The van der Waals surface area contributed by atoms with E-state index >= 15 is 0 Å². The molecule has 7 heteroatoms. The van der Waals surface area contributed by atoms with Crippen molar-refractivity contribution in [3.63, 3.8) is 0 Å². The van der Waals surface area contributed by atoms with Crippen molar-refractivity contribution in [1.82, 2.24) is 9.55 Å². The van der Waals surface area contributed by atoms with Crippen LogP contribution in [0.4, 0.5) is 5.69 Å². The molecule has 1 amide bonds. The number of rotatable bonds is 4. The Balaban J connectivity index is 1.78. The summed E-state index contributed by atoms with van der Waals surface area (Å²) < 4.78 is 1.68. The van der Waals surface area contributed by atoms with E-state index in [0.717, 1.165) is 17.6 Å². The van der Waals surface area contributed by atoms with Gasteiger partial charge in [0.2, 0.25) is 5.91 Å². The van der Waals surface area contributed by atoms with E-state index in [9.17, 15) is 14.4 Å². The minimum atomic E-state index is -1.18. The summed E-state index contributed by atoms with van der Waals surface area (Å²) in [6.45, 7) is 1.92. The summed E-state index contributed by atoms with van der Waals surface area (Å²) in [4.78, 5) is 42.5. The normalized spacial score (nSPS) is 15.2. The zero-order chi connectivity index (χ0) is 21.4. The van der Waals surface area contributed by atoms with Crippen molar-refractivity contribution >= 4 is 40.1 Å². The van der Waals surface area contributed by atoms with Gasteiger partial charge in [0, 0.05) is 19.3 Å². The van der Waals surface area contributed by atoms with Crippen LogP contribution in [0.2, 0.25) is 0 Å². The highest BCUT2D eigenvalue weighted by Gasteiger charge is 2.26. The van der Waals surface area contributed by atoms with Gasteiger partial charge in [-0.25, -0.2) is 4.98 Å². The smallest absolute Gasteiger partial charge is 0.315 e. The third-order valence-corrected chi connectivity index (χ3v) is 5.43. The Morgan fingerprint density at radius 1 is 1.20 bits per heavy atom. The monoisotopic (exact) mass is 403 g/mol. The summed E-state index contributed by atoms with van der Waals surface area (Å²) >= 11 is 0. The Morgan fingerprint density at radius 2 is 1.93 bits per heavy atom. The third-order valence-electron chi connectivity index (χ3n) is 5.43. The van der Waals surface area contributed by atoms with Crippen LogP contribution in [0, 0.1) is 5.92 Å². The third kappa shape index (κ3) is 3.39. The number of hydrogen-bond acceptors (Lipinski definition) is 4. The SMILES string of the molecule is CC(C(=O)O)C(=O)N(C)c1ccc2c(=O)n3c(nc2c1)C(=Cc1ccccc1)CC3. The number of fused-ring (bicyclic) bond motifs is 2. The second-order valence-electron chi connectivity index (χ2n) is 7.38. The lowest BCUT2D eigenvalue weighted by Gasteiger charge is -2.20. The molecule has 0 spiro atoms. The van der Waals surface area contributed by atoms with Gasteiger partial charge in [-0.05, 0) is 48.8 Å². The largest absolute Gasteiger partial charge is 0.481 e. The molecule has 30 heavy (non-hydrogen) atoms. The number of benzene rings is 2. The van der Waals surface area contributed by atoms with Crippen LogP contribution < -0.4 is 10.5 Å². The molecule has 1 unspecified atom stereocenters. The van der Waals surface area contributed by atoms with Gasteiger partial charge in [0.05, 0.1) is 10.9 Å². The number of anilines is 1. The van der Waals surface area contributed by atoms with Crippen LogP contribution in [-0.4, -0.2) is 33.6 Å². The van der Waals surface area contributed by atoms with Crippen molar-refractivity contribution in [3.8, 4) is 0 Å². The molecular formula is C23H21N3O4. The summed E-state index contributed by atoms with van der Waals surface area (Å²) in [7, 11) is 1.52. The molecule has 0 fully saturated rings. The molecule has 2 aromatic carbocycles. The van der Waals surface area contributed by atoms with E-state index in [4.69, 9.17) is 10.1 Å². The van der Waals surface area contributed by atoms with Crippen LogP contribution in [0.25, 0.3) is 22.6 Å². The highest BCUT2D eigenvalue weighted by molar-refractivity contribution is 6.05. The van der Waals surface area contributed by atoms with Crippen LogP contribution in [0.3, 0.4) is 0 Å². The van der Waals surface area contributed by atoms with E-state index < -0.39 is 17.8 Å². The fourth-order valence-electron chi connectivity index (χ4n) is 3.63. The number of hydrogen-bond donors (Lipinski definition) is 1. The quantitative estimate of drug-likeness (QED) is 0.676. The number of aromatic nitrogens is 2. The molecule has 1 aliphatic heterocycles. The summed E-state index contributed by atoms with van der Waals surface area (Å²) in [5.41, 5.74) is 2.87. The molecule has 3 aromatic rings. The van der Waals surface area contributed by atoms with Gasteiger partial charge in [-0.15, -0.1) is 0 Å². The Kier molecular flexibility index (Phi) is 4.95. The number of carbonyl (C=O) groups is 2. The molecule has 0 aliphatic carbocycles. The number of allylic oxidation sites excluding steroid dienone is 1. The lowest BCUT2D eigenvalue weighted by molar-refractivity contribution is -0.145. The molecule has 1 atom stereocenters. The number of carboxylic acids is 1. The average Bonchev–Trinajstić information content (AvgIpc) is 3.15. The van der Waals surface area contributed by atoms with Gasteiger partial charge < -0.3 is 10.0 Å². The van der Waals surface area contributed by atoms with Crippen molar-refractivity contribution in [1.29, 1.82) is 0 Å². The van der Waals surface area contributed by atoms with Crippen LogP contribution in [0.5, 0.6) is 0 Å². The second-order valence-corrected chi connectivity index (χ2v) is 7.38. The van der Waals surface area contributed by atoms with Gasteiger partial charge in [0.25, 0.3) is 5.56 Å². The van der Waals surface area contributed by atoms with E-state index in [1.807, 2.05) is 36.4 Å². The number of nitrogens with zero attached hydrogens (tertiary/aromatic N) is 3. The number of carboxylic acid groups (broad SMARTS) is 1. The van der Waals surface area contributed by atoms with Gasteiger partial charge in [-0.1, -0.05) is 30.3 Å². The Labute approximate surface area is 172 Å². The summed E-state index contributed by atoms with van der Waals surface area (Å²) in [6.07, 6.45) is 2.75. The maximum Gasteiger partial charge on any atom is 0.315 e. The molecule has 4 rings (SSSR count). The van der Waals surface area contributed by atoms with E-state index in [2.05, 4.69) is 0 Å². The standard InChI is InChI=1S/C23H21N3O4/c1-14(23(29)30)21(27)25(2)17-8-9-18-19(13-17)24-20-16(10-11-26(20)22(18)28)12-15-6-4-3-5-7-15/h3-9,12-14H,10-11H2,1-2H3,(H,29,30). The summed E-state index contributed by atoms with van der Waals surface area (Å²) in [6, 6.07) is 14.8. The fourth-order valence-corrected chi connectivity index (χ4v) is 3.63. The first-order valence-corrected chi connectivity index (χ1v) is 9.68. The molecule has 2 heterocycles. The Hall–Kier alpha value is -3.74. The molecule has 1 aromatic heterocycles. The zero-order valence-corrected chi connectivity index (χ0v) is 16.7. The van der Waals surface area contributed by atoms with Crippen molar-refractivity contribution in [2.75, 3.05) is 11.9 Å². The minimum absolute atomic E-state index is 0.120. The van der Waals surface area contributed by atoms with Crippen LogP contribution in [0.15, 0.2) is 53.3 Å². The summed E-state index contributed by atoms with van der Waals surface area (Å²) in [5.74, 6) is -2.26.